The van der Waals surface area contributed by atoms with Gasteiger partial charge in [-0.1, -0.05) is 19.9 Å². The lowest BCUT2D eigenvalue weighted by atomic mass is 10.0. The van der Waals surface area contributed by atoms with Crippen LogP contribution in [-0.4, -0.2) is 19.6 Å². The molecule has 0 amide bonds. The first-order chi connectivity index (χ1) is 11.2. The molecule has 120 valence electrons. The molecule has 0 bridgehead atoms. The van der Waals surface area contributed by atoms with Gasteiger partial charge >= 0.3 is 0 Å². The average Bonchev–Trinajstić information content (AvgIpc) is 3.15. The highest BCUT2D eigenvalue weighted by atomic mass is 32.1. The van der Waals surface area contributed by atoms with Crippen molar-refractivity contribution in [3.05, 3.63) is 46.3 Å². The molecule has 0 aromatic carbocycles. The van der Waals surface area contributed by atoms with E-state index in [1.165, 1.54) is 17.8 Å². The summed E-state index contributed by atoms with van der Waals surface area (Å²) in [5, 5.41) is 15.8. The third kappa shape index (κ3) is 3.01. The number of hydrogen-bond donors (Lipinski definition) is 1. The number of rotatable bonds is 6. The van der Waals surface area contributed by atoms with Crippen molar-refractivity contribution in [2.75, 3.05) is 0 Å². The van der Waals surface area contributed by atoms with Crippen molar-refractivity contribution in [2.24, 2.45) is 5.92 Å². The fourth-order valence-electron chi connectivity index (χ4n) is 2.83. The molecule has 3 aromatic heterocycles. The Morgan fingerprint density at radius 1 is 1.30 bits per heavy atom. The summed E-state index contributed by atoms with van der Waals surface area (Å²) in [6.07, 6.45) is 4.64. The molecule has 0 spiro atoms. The normalized spacial score (nSPS) is 16.3. The second kappa shape index (κ2) is 6.02. The van der Waals surface area contributed by atoms with Crippen molar-refractivity contribution in [2.45, 2.75) is 45.2 Å². The molecule has 0 saturated heterocycles. The van der Waals surface area contributed by atoms with Gasteiger partial charge in [-0.15, -0.1) is 21.5 Å². The topological polar surface area (TPSA) is 55.1 Å². The Morgan fingerprint density at radius 2 is 2.17 bits per heavy atom. The number of thiazole rings is 1. The third-order valence-electron chi connectivity index (χ3n) is 4.28. The molecule has 5 nitrogen and oxygen atoms in total. The molecule has 1 N–H and O–H groups in total. The summed E-state index contributed by atoms with van der Waals surface area (Å²) in [5.74, 6) is 2.12. The summed E-state index contributed by atoms with van der Waals surface area (Å²) in [6.45, 7) is 5.19. The lowest BCUT2D eigenvalue weighted by Gasteiger charge is -2.20. The number of hydrogen-bond acceptors (Lipinski definition) is 5. The molecule has 23 heavy (non-hydrogen) atoms. The minimum Gasteiger partial charge on any atom is -0.301 e. The Morgan fingerprint density at radius 3 is 2.96 bits per heavy atom. The van der Waals surface area contributed by atoms with Gasteiger partial charge < -0.3 is 5.32 Å². The summed E-state index contributed by atoms with van der Waals surface area (Å²) in [6, 6.07) is 6.13. The van der Waals surface area contributed by atoms with Gasteiger partial charge in [0, 0.05) is 24.0 Å². The van der Waals surface area contributed by atoms with Crippen LogP contribution in [0.1, 0.15) is 55.2 Å². The fourth-order valence-corrected chi connectivity index (χ4v) is 3.82. The average molecular weight is 327 g/mol. The minimum absolute atomic E-state index is 0.151. The summed E-state index contributed by atoms with van der Waals surface area (Å²) in [7, 11) is 0. The molecule has 3 aromatic rings. The van der Waals surface area contributed by atoms with Crippen LogP contribution in [0.5, 0.6) is 0 Å². The van der Waals surface area contributed by atoms with Gasteiger partial charge in [0.1, 0.15) is 0 Å². The van der Waals surface area contributed by atoms with Gasteiger partial charge in [-0.3, -0.25) is 4.40 Å². The Bertz CT molecular complexity index is 802. The highest BCUT2D eigenvalue weighted by molar-refractivity contribution is 7.09. The van der Waals surface area contributed by atoms with Crippen molar-refractivity contribution in [1.82, 2.24) is 24.9 Å². The van der Waals surface area contributed by atoms with Crippen molar-refractivity contribution < 1.29 is 0 Å². The number of nitrogens with one attached hydrogen (secondary N) is 1. The van der Waals surface area contributed by atoms with Gasteiger partial charge in [0.05, 0.1) is 16.7 Å². The van der Waals surface area contributed by atoms with Crippen molar-refractivity contribution in [3.63, 3.8) is 0 Å². The SMILES string of the molecule is CC(C)[C@@H](NCc1csc(C2CC2)n1)c1nnc2ccccn12. The van der Waals surface area contributed by atoms with E-state index in [0.717, 1.165) is 29.6 Å². The van der Waals surface area contributed by atoms with Crippen LogP contribution in [0.25, 0.3) is 5.65 Å². The van der Waals surface area contributed by atoms with Crippen molar-refractivity contribution in [3.8, 4) is 0 Å². The van der Waals surface area contributed by atoms with E-state index in [1.807, 2.05) is 24.4 Å². The standard InChI is InChI=1S/C17H21N5S/c1-11(2)15(16-21-20-14-5-3-4-8-22(14)16)18-9-13-10-23-17(19-13)12-6-7-12/h3-5,8,10-12,15,18H,6-7,9H2,1-2H3/t15-/m1/s1. The summed E-state index contributed by atoms with van der Waals surface area (Å²) >= 11 is 1.80. The molecule has 6 heteroatoms. The van der Waals surface area contributed by atoms with E-state index in [0.29, 0.717) is 5.92 Å². The van der Waals surface area contributed by atoms with Gasteiger partial charge in [-0.25, -0.2) is 4.98 Å². The second-order valence-electron chi connectivity index (χ2n) is 6.54. The van der Waals surface area contributed by atoms with E-state index in [4.69, 9.17) is 4.98 Å². The highest BCUT2D eigenvalue weighted by Gasteiger charge is 2.27. The number of nitrogens with zero attached hydrogens (tertiary/aromatic N) is 4. The molecule has 1 saturated carbocycles. The van der Waals surface area contributed by atoms with Gasteiger partial charge in [-0.2, -0.15) is 0 Å². The van der Waals surface area contributed by atoms with Crippen LogP contribution in [0.3, 0.4) is 0 Å². The smallest absolute Gasteiger partial charge is 0.160 e. The Balaban J connectivity index is 1.53. The number of pyridine rings is 1. The largest absolute Gasteiger partial charge is 0.301 e. The lowest BCUT2D eigenvalue weighted by Crippen LogP contribution is -2.27. The summed E-state index contributed by atoms with van der Waals surface area (Å²) < 4.78 is 2.06. The van der Waals surface area contributed by atoms with E-state index in [2.05, 4.69) is 39.1 Å². The Kier molecular flexibility index (Phi) is 3.87. The van der Waals surface area contributed by atoms with Crippen LogP contribution < -0.4 is 5.32 Å². The first-order valence-corrected chi connectivity index (χ1v) is 9.07. The van der Waals surface area contributed by atoms with Gasteiger partial charge in [0.15, 0.2) is 11.5 Å². The van der Waals surface area contributed by atoms with Gasteiger partial charge in [-0.05, 0) is 30.9 Å². The zero-order valence-electron chi connectivity index (χ0n) is 13.4. The van der Waals surface area contributed by atoms with Crippen molar-refractivity contribution >= 4 is 17.0 Å². The third-order valence-corrected chi connectivity index (χ3v) is 5.34. The van der Waals surface area contributed by atoms with Gasteiger partial charge in [0.25, 0.3) is 0 Å². The molecule has 0 unspecified atom stereocenters. The van der Waals surface area contributed by atoms with E-state index in [9.17, 15) is 0 Å². The molecule has 0 radical (unpaired) electrons. The predicted molar refractivity (Wildman–Crippen MR) is 91.5 cm³/mol. The predicted octanol–water partition coefficient (Wildman–Crippen LogP) is 3.55. The zero-order chi connectivity index (χ0) is 15.8. The first kappa shape index (κ1) is 14.8. The maximum Gasteiger partial charge on any atom is 0.160 e. The Hall–Kier alpha value is -1.79. The monoisotopic (exact) mass is 327 g/mol. The molecule has 1 atom stereocenters. The molecular formula is C17H21N5S. The molecule has 4 rings (SSSR count). The van der Waals surface area contributed by atoms with Crippen LogP contribution in [-0.2, 0) is 6.54 Å². The van der Waals surface area contributed by atoms with Gasteiger partial charge in [0.2, 0.25) is 0 Å². The van der Waals surface area contributed by atoms with Crippen LogP contribution in [0.2, 0.25) is 0 Å². The lowest BCUT2D eigenvalue weighted by molar-refractivity contribution is 0.388. The maximum atomic E-state index is 4.76. The van der Waals surface area contributed by atoms with Crippen LogP contribution >= 0.6 is 11.3 Å². The van der Waals surface area contributed by atoms with Crippen LogP contribution in [0.4, 0.5) is 0 Å². The van der Waals surface area contributed by atoms with Crippen molar-refractivity contribution in [1.29, 1.82) is 0 Å². The Labute approximate surface area is 139 Å². The molecule has 0 aliphatic heterocycles. The molecule has 1 fully saturated rings. The number of fused-ring (bicyclic) bond motifs is 1. The van der Waals surface area contributed by atoms with E-state index >= 15 is 0 Å². The molecule has 1 aliphatic rings. The van der Waals surface area contributed by atoms with Crippen LogP contribution in [0.15, 0.2) is 29.8 Å². The van der Waals surface area contributed by atoms with E-state index in [-0.39, 0.29) is 6.04 Å². The fraction of sp³-hybridized carbons (Fsp3) is 0.471. The highest BCUT2D eigenvalue weighted by Crippen LogP contribution is 2.41. The summed E-state index contributed by atoms with van der Waals surface area (Å²) in [4.78, 5) is 4.76. The maximum absolute atomic E-state index is 4.76. The molecular weight excluding hydrogens is 306 g/mol. The summed E-state index contributed by atoms with van der Waals surface area (Å²) in [5.41, 5.74) is 2.02. The van der Waals surface area contributed by atoms with Crippen LogP contribution in [0, 0.1) is 5.92 Å². The minimum atomic E-state index is 0.151. The zero-order valence-corrected chi connectivity index (χ0v) is 14.3. The van der Waals surface area contributed by atoms with E-state index < -0.39 is 0 Å². The molecule has 3 heterocycles. The second-order valence-corrected chi connectivity index (χ2v) is 7.43. The van der Waals surface area contributed by atoms with E-state index in [1.54, 1.807) is 11.3 Å². The number of aromatic nitrogens is 4. The molecule has 1 aliphatic carbocycles. The first-order valence-electron chi connectivity index (χ1n) is 8.19. The quantitative estimate of drug-likeness (QED) is 0.752.